The van der Waals surface area contributed by atoms with Crippen LogP contribution in [0.25, 0.3) is 11.3 Å². The third-order valence-corrected chi connectivity index (χ3v) is 7.15. The van der Waals surface area contributed by atoms with Crippen LogP contribution in [0.5, 0.6) is 0 Å². The van der Waals surface area contributed by atoms with Crippen molar-refractivity contribution in [3.8, 4) is 0 Å². The fraction of sp³-hybridized carbons (Fsp3) is 0.267. The van der Waals surface area contributed by atoms with E-state index in [-0.39, 0.29) is 17.6 Å². The molecule has 9 heteroatoms. The number of nitrogens with one attached hydrogen (secondary N) is 2. The summed E-state index contributed by atoms with van der Waals surface area (Å²) in [6.45, 7) is 5.54. The van der Waals surface area contributed by atoms with E-state index in [1.54, 1.807) is 24.1 Å². The topological polar surface area (TPSA) is 97.9 Å². The van der Waals surface area contributed by atoms with Gasteiger partial charge in [-0.2, -0.15) is 0 Å². The molecular weight excluding hydrogens is 492 g/mol. The Morgan fingerprint density at radius 3 is 2.33 bits per heavy atom. The molecule has 2 aliphatic heterocycles. The molecule has 5 rings (SSSR count). The van der Waals surface area contributed by atoms with Gasteiger partial charge in [0, 0.05) is 57.1 Å². The number of rotatable bonds is 7. The van der Waals surface area contributed by atoms with Crippen molar-refractivity contribution in [2.45, 2.75) is 6.92 Å². The van der Waals surface area contributed by atoms with Crippen molar-refractivity contribution in [3.05, 3.63) is 83.6 Å². The van der Waals surface area contributed by atoms with Crippen molar-refractivity contribution in [1.82, 2.24) is 14.8 Å². The summed E-state index contributed by atoms with van der Waals surface area (Å²) in [5.74, 6) is -0.0499. The lowest BCUT2D eigenvalue weighted by molar-refractivity contribution is -0.119. The molecule has 39 heavy (non-hydrogen) atoms. The highest BCUT2D eigenvalue weighted by Gasteiger charge is 2.30. The first kappa shape index (κ1) is 26.3. The van der Waals surface area contributed by atoms with Crippen LogP contribution in [-0.4, -0.2) is 79.2 Å². The van der Waals surface area contributed by atoms with Gasteiger partial charge in [-0.15, -0.1) is 0 Å². The van der Waals surface area contributed by atoms with E-state index in [0.29, 0.717) is 34.9 Å². The van der Waals surface area contributed by atoms with E-state index in [4.69, 9.17) is 0 Å². The summed E-state index contributed by atoms with van der Waals surface area (Å²) in [6, 6.07) is 20.5. The molecule has 2 aromatic carbocycles. The Balaban J connectivity index is 1.40. The van der Waals surface area contributed by atoms with Crippen LogP contribution in [0.1, 0.15) is 28.5 Å². The van der Waals surface area contributed by atoms with E-state index in [0.717, 1.165) is 43.1 Å². The summed E-state index contributed by atoms with van der Waals surface area (Å²) in [5.41, 5.74) is 4.38. The molecule has 3 aromatic rings. The van der Waals surface area contributed by atoms with Crippen molar-refractivity contribution in [2.24, 2.45) is 0 Å². The van der Waals surface area contributed by atoms with Gasteiger partial charge in [-0.1, -0.05) is 30.3 Å². The number of benzene rings is 2. The number of carbonyl (C=O) groups is 3. The summed E-state index contributed by atoms with van der Waals surface area (Å²) >= 11 is 0. The Kier molecular flexibility index (Phi) is 7.53. The summed E-state index contributed by atoms with van der Waals surface area (Å²) < 4.78 is 0. The Labute approximate surface area is 228 Å². The molecular formula is C30H32N6O3. The maximum Gasteiger partial charge on any atom is 0.259 e. The second kappa shape index (κ2) is 11.2. The van der Waals surface area contributed by atoms with Gasteiger partial charge in [0.1, 0.15) is 11.5 Å². The van der Waals surface area contributed by atoms with Gasteiger partial charge in [0.2, 0.25) is 5.91 Å². The van der Waals surface area contributed by atoms with Gasteiger partial charge in [0.05, 0.1) is 17.8 Å². The first-order valence-electron chi connectivity index (χ1n) is 13.0. The van der Waals surface area contributed by atoms with Crippen LogP contribution >= 0.6 is 0 Å². The second-order valence-corrected chi connectivity index (χ2v) is 9.92. The molecule has 0 unspecified atom stereocenters. The molecule has 2 aliphatic rings. The minimum Gasteiger partial charge on any atom is -0.354 e. The van der Waals surface area contributed by atoms with Gasteiger partial charge in [-0.25, -0.2) is 4.98 Å². The number of ketones is 1. The van der Waals surface area contributed by atoms with Crippen molar-refractivity contribution >= 4 is 46.1 Å². The van der Waals surface area contributed by atoms with Gasteiger partial charge < -0.3 is 20.4 Å². The lowest BCUT2D eigenvalue weighted by Crippen LogP contribution is -2.48. The van der Waals surface area contributed by atoms with E-state index >= 15 is 0 Å². The average molecular weight is 525 g/mol. The van der Waals surface area contributed by atoms with E-state index < -0.39 is 0 Å². The summed E-state index contributed by atoms with van der Waals surface area (Å²) in [4.78, 5) is 48.3. The van der Waals surface area contributed by atoms with Crippen LogP contribution in [0.15, 0.2) is 66.7 Å². The molecule has 0 bridgehead atoms. The summed E-state index contributed by atoms with van der Waals surface area (Å²) in [5, 5.41) is 6.22. The molecule has 0 saturated carbocycles. The van der Waals surface area contributed by atoms with E-state index in [1.807, 2.05) is 54.6 Å². The standard InChI is InChI=1S/C30H32N6O3/c1-20(37)25-14-13-24-27(30(39)33-29(24)32-25)28(21-7-5-4-6-8-21)31-22-9-11-23(12-10-22)35(3)26(38)19-36-17-15-34(2)16-18-36/h4-14,31H,15-19H2,1-3H3,(H,32,33,39)/b28-27-. The van der Waals surface area contributed by atoms with Crippen molar-refractivity contribution in [3.63, 3.8) is 0 Å². The van der Waals surface area contributed by atoms with Crippen molar-refractivity contribution < 1.29 is 14.4 Å². The van der Waals surface area contributed by atoms with Crippen LogP contribution in [0, 0.1) is 0 Å². The Bertz CT molecular complexity index is 1430. The molecule has 0 spiro atoms. The van der Waals surface area contributed by atoms with Gasteiger partial charge >= 0.3 is 0 Å². The van der Waals surface area contributed by atoms with Crippen LogP contribution in [0.3, 0.4) is 0 Å². The van der Waals surface area contributed by atoms with Crippen molar-refractivity contribution in [2.75, 3.05) is 62.4 Å². The molecule has 2 N–H and O–H groups in total. The largest absolute Gasteiger partial charge is 0.354 e. The monoisotopic (exact) mass is 524 g/mol. The van der Waals surface area contributed by atoms with Crippen LogP contribution in [-0.2, 0) is 9.59 Å². The number of carbonyl (C=O) groups excluding carboxylic acids is 3. The zero-order valence-corrected chi connectivity index (χ0v) is 22.4. The normalized spacial score (nSPS) is 16.8. The number of pyridine rings is 1. The van der Waals surface area contributed by atoms with Crippen LogP contribution in [0.2, 0.25) is 0 Å². The first-order chi connectivity index (χ1) is 18.8. The average Bonchev–Trinajstić information content (AvgIpc) is 3.28. The van der Waals surface area contributed by atoms with E-state index in [1.165, 1.54) is 6.92 Å². The van der Waals surface area contributed by atoms with E-state index in [9.17, 15) is 14.4 Å². The predicted octanol–water partition coefficient (Wildman–Crippen LogP) is 3.43. The second-order valence-electron chi connectivity index (χ2n) is 9.92. The molecule has 1 fully saturated rings. The summed E-state index contributed by atoms with van der Waals surface area (Å²) in [7, 11) is 3.89. The maximum absolute atomic E-state index is 13.1. The van der Waals surface area contributed by atoms with Crippen LogP contribution in [0.4, 0.5) is 17.2 Å². The summed E-state index contributed by atoms with van der Waals surface area (Å²) in [6.07, 6.45) is 0. The Morgan fingerprint density at radius 1 is 0.974 bits per heavy atom. The first-order valence-corrected chi connectivity index (χ1v) is 13.0. The van der Waals surface area contributed by atoms with Crippen LogP contribution < -0.4 is 15.5 Å². The molecule has 200 valence electrons. The number of likely N-dealkylation sites (N-methyl/N-ethyl adjacent to an activating group) is 2. The number of amides is 2. The molecule has 0 radical (unpaired) electrons. The number of hydrogen-bond donors (Lipinski definition) is 2. The minimum absolute atomic E-state index is 0.0454. The van der Waals surface area contributed by atoms with Gasteiger partial charge in [-0.05, 0) is 49.0 Å². The maximum atomic E-state index is 13.1. The fourth-order valence-corrected chi connectivity index (χ4v) is 4.74. The Morgan fingerprint density at radius 2 is 1.67 bits per heavy atom. The lowest BCUT2D eigenvalue weighted by atomic mass is 10.0. The van der Waals surface area contributed by atoms with E-state index in [2.05, 4.69) is 32.5 Å². The number of Topliss-reactive ketones (excluding diaryl/α,β-unsaturated/α-hetero) is 1. The highest BCUT2D eigenvalue weighted by Crippen LogP contribution is 2.37. The fourth-order valence-electron chi connectivity index (χ4n) is 4.74. The molecule has 1 aromatic heterocycles. The van der Waals surface area contributed by atoms with Gasteiger partial charge in [0.25, 0.3) is 5.91 Å². The molecule has 3 heterocycles. The van der Waals surface area contributed by atoms with Gasteiger partial charge in [-0.3, -0.25) is 19.3 Å². The molecule has 9 nitrogen and oxygen atoms in total. The minimum atomic E-state index is -0.296. The lowest BCUT2D eigenvalue weighted by Gasteiger charge is -2.32. The number of aromatic nitrogens is 1. The molecule has 0 aliphatic carbocycles. The van der Waals surface area contributed by atoms with Crippen molar-refractivity contribution in [1.29, 1.82) is 0 Å². The zero-order chi connectivity index (χ0) is 27.5. The quantitative estimate of drug-likeness (QED) is 0.361. The molecule has 0 atom stereocenters. The third kappa shape index (κ3) is 5.74. The smallest absolute Gasteiger partial charge is 0.259 e. The molecule has 1 saturated heterocycles. The SMILES string of the molecule is CC(=O)c1ccc2c(n1)NC(=O)/C2=C(\Nc1ccc(N(C)C(=O)CN2CCN(C)CC2)cc1)c1ccccc1. The Hall–Kier alpha value is -4.34. The van der Waals surface area contributed by atoms with Gasteiger partial charge in [0.15, 0.2) is 5.78 Å². The number of piperazine rings is 1. The number of fused-ring (bicyclic) bond motifs is 1. The predicted molar refractivity (Wildman–Crippen MR) is 154 cm³/mol. The molecule has 2 amide bonds. The highest BCUT2D eigenvalue weighted by molar-refractivity contribution is 6.37. The highest BCUT2D eigenvalue weighted by atomic mass is 16.2. The third-order valence-electron chi connectivity index (χ3n) is 7.15. The number of nitrogens with zero attached hydrogens (tertiary/aromatic N) is 4. The number of hydrogen-bond acceptors (Lipinski definition) is 7. The number of anilines is 3. The zero-order valence-electron chi connectivity index (χ0n) is 22.4.